The highest BCUT2D eigenvalue weighted by Gasteiger charge is 2.38. The molecule has 1 unspecified atom stereocenters. The van der Waals surface area contributed by atoms with Crippen molar-refractivity contribution >= 4 is 0 Å². The van der Waals surface area contributed by atoms with E-state index >= 15 is 0 Å². The van der Waals surface area contributed by atoms with E-state index in [-0.39, 0.29) is 6.10 Å². The third-order valence-electron chi connectivity index (χ3n) is 4.84. The van der Waals surface area contributed by atoms with E-state index in [0.29, 0.717) is 12.0 Å². The molecule has 108 valence electrons. The van der Waals surface area contributed by atoms with Crippen LogP contribution in [0.3, 0.4) is 0 Å². The number of ether oxygens (including phenoxy) is 1. The number of rotatable bonds is 1. The van der Waals surface area contributed by atoms with Crippen LogP contribution in [-0.4, -0.2) is 31.1 Å². The largest absolute Gasteiger partial charge is 0.365 e. The van der Waals surface area contributed by atoms with E-state index < -0.39 is 0 Å². The zero-order chi connectivity index (χ0) is 14.2. The molecule has 0 spiro atoms. The molecule has 2 aliphatic rings. The average molecular weight is 279 g/mol. The van der Waals surface area contributed by atoms with Crippen LogP contribution in [0.25, 0.3) is 0 Å². The molecule has 0 amide bonds. The monoisotopic (exact) mass is 279 g/mol. The van der Waals surface area contributed by atoms with Gasteiger partial charge in [-0.1, -0.05) is 54.6 Å². The number of likely N-dealkylation sites (N-methyl/N-ethyl adjacent to an activating group) is 1. The highest BCUT2D eigenvalue weighted by Crippen LogP contribution is 2.43. The summed E-state index contributed by atoms with van der Waals surface area (Å²) in [5, 5.41) is 0. The molecule has 4 rings (SSSR count). The summed E-state index contributed by atoms with van der Waals surface area (Å²) >= 11 is 0. The third kappa shape index (κ3) is 2.29. The van der Waals surface area contributed by atoms with E-state index in [0.717, 1.165) is 19.5 Å². The Morgan fingerprint density at radius 2 is 1.67 bits per heavy atom. The van der Waals surface area contributed by atoms with Crippen LogP contribution < -0.4 is 0 Å². The van der Waals surface area contributed by atoms with Gasteiger partial charge >= 0.3 is 0 Å². The number of hydrogen-bond donors (Lipinski definition) is 0. The quantitative estimate of drug-likeness (QED) is 0.791. The Kier molecular flexibility index (Phi) is 3.28. The van der Waals surface area contributed by atoms with Crippen LogP contribution in [-0.2, 0) is 4.74 Å². The first-order valence-electron chi connectivity index (χ1n) is 7.80. The third-order valence-corrected chi connectivity index (χ3v) is 4.84. The molecule has 0 radical (unpaired) electrons. The van der Waals surface area contributed by atoms with Crippen molar-refractivity contribution in [1.29, 1.82) is 0 Å². The molecule has 2 heteroatoms. The second-order valence-corrected chi connectivity index (χ2v) is 6.25. The zero-order valence-corrected chi connectivity index (χ0v) is 12.4. The first-order valence-corrected chi connectivity index (χ1v) is 7.80. The Bertz CT molecular complexity index is 624. The van der Waals surface area contributed by atoms with E-state index in [9.17, 15) is 0 Å². The van der Waals surface area contributed by atoms with Gasteiger partial charge < -0.3 is 9.64 Å². The lowest BCUT2D eigenvalue weighted by Gasteiger charge is -2.44. The Morgan fingerprint density at radius 1 is 0.952 bits per heavy atom. The average Bonchev–Trinajstić information content (AvgIpc) is 2.55. The van der Waals surface area contributed by atoms with Gasteiger partial charge in [0.25, 0.3) is 0 Å². The molecule has 2 nitrogen and oxygen atoms in total. The molecule has 0 aliphatic carbocycles. The van der Waals surface area contributed by atoms with Crippen molar-refractivity contribution in [2.45, 2.75) is 24.5 Å². The minimum absolute atomic E-state index is 0.0899. The van der Waals surface area contributed by atoms with Gasteiger partial charge in [-0.25, -0.2) is 0 Å². The van der Waals surface area contributed by atoms with Crippen molar-refractivity contribution in [2.75, 3.05) is 20.1 Å². The summed E-state index contributed by atoms with van der Waals surface area (Å²) in [6.07, 6.45) is 1.56. The Hall–Kier alpha value is -1.64. The fourth-order valence-corrected chi connectivity index (χ4v) is 3.78. The van der Waals surface area contributed by atoms with Crippen LogP contribution >= 0.6 is 0 Å². The van der Waals surface area contributed by atoms with Crippen LogP contribution in [0.4, 0.5) is 0 Å². The van der Waals surface area contributed by atoms with Gasteiger partial charge in [0.05, 0.1) is 6.10 Å². The molecule has 0 N–H and O–H groups in total. The van der Waals surface area contributed by atoms with Crippen LogP contribution in [0.15, 0.2) is 54.6 Å². The molecule has 21 heavy (non-hydrogen) atoms. The van der Waals surface area contributed by atoms with Gasteiger partial charge in [0.2, 0.25) is 0 Å². The van der Waals surface area contributed by atoms with Crippen molar-refractivity contribution in [3.8, 4) is 0 Å². The minimum atomic E-state index is 0.0899. The highest BCUT2D eigenvalue weighted by molar-refractivity contribution is 5.41. The number of benzene rings is 2. The van der Waals surface area contributed by atoms with Crippen molar-refractivity contribution in [3.05, 3.63) is 71.3 Å². The summed E-state index contributed by atoms with van der Waals surface area (Å²) < 4.78 is 6.52. The van der Waals surface area contributed by atoms with Gasteiger partial charge in [-0.2, -0.15) is 0 Å². The number of hydrogen-bond acceptors (Lipinski definition) is 2. The number of likely N-dealkylation sites (tertiary alicyclic amines) is 1. The van der Waals surface area contributed by atoms with Crippen molar-refractivity contribution in [3.63, 3.8) is 0 Å². The van der Waals surface area contributed by atoms with Gasteiger partial charge in [0.1, 0.15) is 6.10 Å². The predicted molar refractivity (Wildman–Crippen MR) is 84.5 cm³/mol. The highest BCUT2D eigenvalue weighted by atomic mass is 16.5. The van der Waals surface area contributed by atoms with Gasteiger partial charge in [-0.3, -0.25) is 0 Å². The van der Waals surface area contributed by atoms with E-state index in [1.165, 1.54) is 16.7 Å². The molecular weight excluding hydrogens is 258 g/mol. The van der Waals surface area contributed by atoms with E-state index in [4.69, 9.17) is 4.74 Å². The zero-order valence-electron chi connectivity index (χ0n) is 12.4. The molecule has 1 fully saturated rings. The molecule has 2 aromatic rings. The molecule has 2 heterocycles. The SMILES string of the molecule is CN1CC[C@@H]2OC(c3ccccc3)c3ccccc3[C@H]2C1. The topological polar surface area (TPSA) is 12.5 Å². The Balaban J connectivity index is 1.79. The Labute approximate surface area is 126 Å². The summed E-state index contributed by atoms with van der Waals surface area (Å²) in [5.74, 6) is 0.514. The molecule has 0 bridgehead atoms. The number of fused-ring (bicyclic) bond motifs is 3. The van der Waals surface area contributed by atoms with Gasteiger partial charge in [0, 0.05) is 19.0 Å². The molecule has 0 aromatic heterocycles. The van der Waals surface area contributed by atoms with Crippen molar-refractivity contribution in [2.24, 2.45) is 0 Å². The minimum Gasteiger partial charge on any atom is -0.365 e. The fraction of sp³-hybridized carbons (Fsp3) is 0.368. The van der Waals surface area contributed by atoms with E-state index in [1.54, 1.807) is 0 Å². The van der Waals surface area contributed by atoms with Crippen LogP contribution in [0, 0.1) is 0 Å². The molecular formula is C19H21NO. The summed E-state index contributed by atoms with van der Waals surface area (Å²) in [6.45, 7) is 2.23. The van der Waals surface area contributed by atoms with E-state index in [1.807, 2.05) is 0 Å². The number of nitrogens with zero attached hydrogens (tertiary/aromatic N) is 1. The lowest BCUT2D eigenvalue weighted by molar-refractivity contribution is -0.0508. The molecule has 2 aromatic carbocycles. The van der Waals surface area contributed by atoms with Crippen LogP contribution in [0.2, 0.25) is 0 Å². The van der Waals surface area contributed by atoms with Crippen LogP contribution in [0.5, 0.6) is 0 Å². The second-order valence-electron chi connectivity index (χ2n) is 6.25. The summed E-state index contributed by atoms with van der Waals surface area (Å²) in [5.41, 5.74) is 4.09. The lowest BCUT2D eigenvalue weighted by Crippen LogP contribution is -2.44. The summed E-state index contributed by atoms with van der Waals surface area (Å²) in [4.78, 5) is 2.42. The van der Waals surface area contributed by atoms with E-state index in [2.05, 4.69) is 66.5 Å². The second kappa shape index (κ2) is 5.28. The maximum Gasteiger partial charge on any atom is 0.108 e. The van der Waals surface area contributed by atoms with Crippen molar-refractivity contribution < 1.29 is 4.74 Å². The van der Waals surface area contributed by atoms with Gasteiger partial charge in [-0.15, -0.1) is 0 Å². The van der Waals surface area contributed by atoms with Gasteiger partial charge in [-0.05, 0) is 30.2 Å². The first kappa shape index (κ1) is 13.1. The predicted octanol–water partition coefficient (Wildman–Crippen LogP) is 3.59. The molecule has 2 aliphatic heterocycles. The molecule has 0 saturated carbocycles. The fourth-order valence-electron chi connectivity index (χ4n) is 3.78. The normalized spacial score (nSPS) is 28.7. The first-order chi connectivity index (χ1) is 10.3. The number of piperidine rings is 1. The standard InChI is InChI=1S/C19H21NO/c1-20-12-11-18-17(13-20)15-9-5-6-10-16(15)19(21-18)14-7-3-2-4-8-14/h2-10,17-19H,11-13H2,1H3/t17-,18+,19?/m1/s1. The molecule has 1 saturated heterocycles. The van der Waals surface area contributed by atoms with Crippen molar-refractivity contribution in [1.82, 2.24) is 4.90 Å². The van der Waals surface area contributed by atoms with Crippen LogP contribution in [0.1, 0.15) is 35.1 Å². The Morgan fingerprint density at radius 3 is 2.48 bits per heavy atom. The maximum atomic E-state index is 6.52. The van der Waals surface area contributed by atoms with Gasteiger partial charge in [0.15, 0.2) is 0 Å². The molecule has 3 atom stereocenters. The maximum absolute atomic E-state index is 6.52. The summed E-state index contributed by atoms with van der Waals surface area (Å²) in [7, 11) is 2.21. The lowest BCUT2D eigenvalue weighted by atomic mass is 9.80. The summed E-state index contributed by atoms with van der Waals surface area (Å²) in [6, 6.07) is 19.4. The smallest absolute Gasteiger partial charge is 0.108 e.